The Bertz CT molecular complexity index is 704. The number of carbonyl (C=O) groups is 1. The highest BCUT2D eigenvalue weighted by atomic mass is 16.5. The van der Waals surface area contributed by atoms with Crippen LogP contribution in [0.25, 0.3) is 0 Å². The number of aryl methyl sites for hydroxylation is 1. The van der Waals surface area contributed by atoms with Crippen molar-refractivity contribution in [1.82, 2.24) is 9.78 Å². The van der Waals surface area contributed by atoms with E-state index >= 15 is 0 Å². The average Bonchev–Trinajstić information content (AvgIpc) is 2.97. The molecule has 1 aromatic heterocycles. The van der Waals surface area contributed by atoms with Crippen LogP contribution in [0.1, 0.15) is 57.7 Å². The number of hydrogen-bond acceptors (Lipinski definition) is 3. The lowest BCUT2D eigenvalue weighted by Crippen LogP contribution is -2.31. The minimum absolute atomic E-state index is 0.177. The number of nitrogens with one attached hydrogen (secondary N) is 1. The quantitative estimate of drug-likeness (QED) is 0.859. The zero-order valence-electron chi connectivity index (χ0n) is 15.3. The van der Waals surface area contributed by atoms with Gasteiger partial charge in [-0.1, -0.05) is 26.0 Å². The van der Waals surface area contributed by atoms with Crippen molar-refractivity contribution >= 4 is 11.7 Å². The Morgan fingerprint density at radius 3 is 2.50 bits per heavy atom. The summed E-state index contributed by atoms with van der Waals surface area (Å²) in [4.78, 5) is 12.4. The zero-order valence-corrected chi connectivity index (χ0v) is 15.3. The summed E-state index contributed by atoms with van der Waals surface area (Å²) in [6.07, 6.45) is 1.08. The van der Waals surface area contributed by atoms with Gasteiger partial charge in [0.2, 0.25) is 0 Å². The minimum Gasteiger partial charge on any atom is -0.481 e. The summed E-state index contributed by atoms with van der Waals surface area (Å²) >= 11 is 0. The first-order valence-electron chi connectivity index (χ1n) is 8.41. The lowest BCUT2D eigenvalue weighted by atomic mass is 10.0. The van der Waals surface area contributed by atoms with Crippen LogP contribution in [-0.2, 0) is 4.79 Å². The molecular formula is C19H27N3O2. The summed E-state index contributed by atoms with van der Waals surface area (Å²) < 4.78 is 7.68. The van der Waals surface area contributed by atoms with Crippen LogP contribution in [0.15, 0.2) is 30.5 Å². The molecule has 2 rings (SSSR count). The molecule has 0 fully saturated rings. The standard InChI is InChI=1S/C19H27N3O2/c1-12(2)16-8-7-14(5)17(11-16)24-15(6)19(23)21-18-9-10-20-22(18)13(3)4/h7-13,15H,1-6H3,(H,21,23). The lowest BCUT2D eigenvalue weighted by Gasteiger charge is -2.18. The molecule has 0 bridgehead atoms. The molecule has 1 amide bonds. The maximum Gasteiger partial charge on any atom is 0.266 e. The van der Waals surface area contributed by atoms with Gasteiger partial charge in [0.25, 0.3) is 5.91 Å². The first-order valence-corrected chi connectivity index (χ1v) is 8.41. The summed E-state index contributed by atoms with van der Waals surface area (Å²) in [5, 5.41) is 7.10. The summed E-state index contributed by atoms with van der Waals surface area (Å²) in [5.74, 6) is 1.66. The Morgan fingerprint density at radius 1 is 1.17 bits per heavy atom. The van der Waals surface area contributed by atoms with E-state index in [0.29, 0.717) is 11.7 Å². The second kappa shape index (κ2) is 7.51. The molecule has 1 unspecified atom stereocenters. The van der Waals surface area contributed by atoms with E-state index in [1.165, 1.54) is 5.56 Å². The molecule has 0 aliphatic heterocycles. The van der Waals surface area contributed by atoms with Gasteiger partial charge in [0.05, 0.1) is 6.20 Å². The van der Waals surface area contributed by atoms with Gasteiger partial charge in [0, 0.05) is 12.1 Å². The molecule has 0 spiro atoms. The first kappa shape index (κ1) is 18.0. The lowest BCUT2D eigenvalue weighted by molar-refractivity contribution is -0.122. The van der Waals surface area contributed by atoms with E-state index in [4.69, 9.17) is 4.74 Å². The Kier molecular flexibility index (Phi) is 5.65. The van der Waals surface area contributed by atoms with E-state index in [1.807, 2.05) is 32.9 Å². The molecule has 0 radical (unpaired) electrons. The van der Waals surface area contributed by atoms with Gasteiger partial charge in [-0.15, -0.1) is 0 Å². The van der Waals surface area contributed by atoms with Crippen molar-refractivity contribution < 1.29 is 9.53 Å². The number of carbonyl (C=O) groups excluding carboxylic acids is 1. The van der Waals surface area contributed by atoms with Crippen molar-refractivity contribution in [1.29, 1.82) is 0 Å². The van der Waals surface area contributed by atoms with Crippen molar-refractivity contribution in [3.8, 4) is 5.75 Å². The number of amides is 1. The SMILES string of the molecule is Cc1ccc(C(C)C)cc1OC(C)C(=O)Nc1ccnn1C(C)C. The molecule has 0 saturated carbocycles. The highest BCUT2D eigenvalue weighted by Crippen LogP contribution is 2.25. The number of benzene rings is 1. The van der Waals surface area contributed by atoms with Crippen LogP contribution in [0.3, 0.4) is 0 Å². The Morgan fingerprint density at radius 2 is 1.88 bits per heavy atom. The van der Waals surface area contributed by atoms with E-state index in [9.17, 15) is 4.79 Å². The largest absolute Gasteiger partial charge is 0.481 e. The summed E-state index contributed by atoms with van der Waals surface area (Å²) in [7, 11) is 0. The second-order valence-electron chi connectivity index (χ2n) is 6.68. The highest BCUT2D eigenvalue weighted by Gasteiger charge is 2.18. The molecule has 1 N–H and O–H groups in total. The molecule has 5 nitrogen and oxygen atoms in total. The Labute approximate surface area is 144 Å². The molecule has 5 heteroatoms. The highest BCUT2D eigenvalue weighted by molar-refractivity contribution is 5.93. The van der Waals surface area contributed by atoms with Crippen LogP contribution in [0, 0.1) is 6.92 Å². The molecule has 0 saturated heterocycles. The summed E-state index contributed by atoms with van der Waals surface area (Å²) in [6.45, 7) is 12.0. The fourth-order valence-corrected chi connectivity index (χ4v) is 2.40. The normalized spacial score (nSPS) is 12.5. The van der Waals surface area contributed by atoms with Crippen LogP contribution >= 0.6 is 0 Å². The van der Waals surface area contributed by atoms with Gasteiger partial charge in [0.1, 0.15) is 11.6 Å². The predicted molar refractivity (Wildman–Crippen MR) is 96.6 cm³/mol. The van der Waals surface area contributed by atoms with Gasteiger partial charge in [-0.05, 0) is 50.8 Å². The number of ether oxygens (including phenoxy) is 1. The second-order valence-corrected chi connectivity index (χ2v) is 6.68. The number of aromatic nitrogens is 2. The van der Waals surface area contributed by atoms with Gasteiger partial charge < -0.3 is 10.1 Å². The van der Waals surface area contributed by atoms with Gasteiger partial charge >= 0.3 is 0 Å². The van der Waals surface area contributed by atoms with Gasteiger partial charge in [-0.3, -0.25) is 4.79 Å². The summed E-state index contributed by atoms with van der Waals surface area (Å²) in [5.41, 5.74) is 2.22. The summed E-state index contributed by atoms with van der Waals surface area (Å²) in [6, 6.07) is 8.11. The number of nitrogens with zero attached hydrogens (tertiary/aromatic N) is 2. The molecule has 1 atom stereocenters. The van der Waals surface area contributed by atoms with Gasteiger partial charge in [0.15, 0.2) is 6.10 Å². The van der Waals surface area contributed by atoms with Crippen molar-refractivity contribution in [3.63, 3.8) is 0 Å². The minimum atomic E-state index is -0.596. The van der Waals surface area contributed by atoms with Crippen LogP contribution in [0.5, 0.6) is 5.75 Å². The Hall–Kier alpha value is -2.30. The fourth-order valence-electron chi connectivity index (χ4n) is 2.40. The van der Waals surface area contributed by atoms with E-state index in [2.05, 4.69) is 30.3 Å². The molecule has 1 aromatic carbocycles. The number of rotatable bonds is 6. The van der Waals surface area contributed by atoms with Crippen molar-refractivity contribution in [2.45, 2.75) is 59.6 Å². The Balaban J connectivity index is 2.09. The van der Waals surface area contributed by atoms with Crippen LogP contribution in [-0.4, -0.2) is 21.8 Å². The third-order valence-electron chi connectivity index (χ3n) is 3.96. The molecule has 130 valence electrons. The molecule has 0 aliphatic carbocycles. The monoisotopic (exact) mass is 329 g/mol. The maximum atomic E-state index is 12.4. The predicted octanol–water partition coefficient (Wildman–Crippen LogP) is 4.30. The molecule has 24 heavy (non-hydrogen) atoms. The van der Waals surface area contributed by atoms with Gasteiger partial charge in [-0.25, -0.2) is 4.68 Å². The maximum absolute atomic E-state index is 12.4. The molecule has 0 aliphatic rings. The van der Waals surface area contributed by atoms with Crippen molar-refractivity contribution in [2.24, 2.45) is 0 Å². The van der Waals surface area contributed by atoms with Crippen molar-refractivity contribution in [2.75, 3.05) is 5.32 Å². The average molecular weight is 329 g/mol. The number of hydrogen-bond donors (Lipinski definition) is 1. The van der Waals surface area contributed by atoms with E-state index in [0.717, 1.165) is 11.3 Å². The van der Waals surface area contributed by atoms with Crippen molar-refractivity contribution in [3.05, 3.63) is 41.6 Å². The molecule has 1 heterocycles. The van der Waals surface area contributed by atoms with Crippen LogP contribution in [0.4, 0.5) is 5.82 Å². The first-order chi connectivity index (χ1) is 11.3. The third-order valence-corrected chi connectivity index (χ3v) is 3.96. The van der Waals surface area contributed by atoms with Gasteiger partial charge in [-0.2, -0.15) is 5.10 Å². The fraction of sp³-hybridized carbons (Fsp3) is 0.474. The van der Waals surface area contributed by atoms with Crippen LogP contribution in [0.2, 0.25) is 0 Å². The number of anilines is 1. The molecule has 2 aromatic rings. The van der Waals surface area contributed by atoms with E-state index < -0.39 is 6.10 Å². The smallest absolute Gasteiger partial charge is 0.266 e. The topological polar surface area (TPSA) is 56.1 Å². The van der Waals surface area contributed by atoms with E-state index in [-0.39, 0.29) is 11.9 Å². The zero-order chi connectivity index (χ0) is 17.9. The van der Waals surface area contributed by atoms with Crippen LogP contribution < -0.4 is 10.1 Å². The third kappa shape index (κ3) is 4.16. The molecular weight excluding hydrogens is 302 g/mol. The van der Waals surface area contributed by atoms with E-state index in [1.54, 1.807) is 23.9 Å².